The molecule has 3 N–H and O–H groups in total. The molecule has 0 saturated carbocycles. The van der Waals surface area contributed by atoms with Crippen LogP contribution in [0.5, 0.6) is 0 Å². The van der Waals surface area contributed by atoms with Gasteiger partial charge in [0, 0.05) is 12.8 Å². The standard InChI is InChI=1S/C54H105NO5/c1-3-5-7-9-11-13-15-27-30-34-38-42-46-52(57)51(50-56)55-53(58)47-43-39-35-31-28-24-22-20-18-16-17-19-21-23-25-29-33-37-41-45-49-60-54(59)48-44-40-36-32-26-14-12-10-8-6-4-2/h42,46,51-52,56-57H,3-41,43-45,47-50H2,1-2H3,(H,55,58)/b46-42+. The van der Waals surface area contributed by atoms with Crippen molar-refractivity contribution in [2.75, 3.05) is 13.2 Å². The number of unbranched alkanes of at least 4 members (excludes halogenated alkanes) is 39. The molecule has 2 atom stereocenters. The average Bonchev–Trinajstić information content (AvgIpc) is 3.25. The van der Waals surface area contributed by atoms with E-state index in [1.807, 2.05) is 6.08 Å². The second-order valence-corrected chi connectivity index (χ2v) is 18.6. The zero-order valence-electron chi connectivity index (χ0n) is 40.5. The van der Waals surface area contributed by atoms with E-state index in [0.29, 0.717) is 19.4 Å². The van der Waals surface area contributed by atoms with Crippen LogP contribution in [0.25, 0.3) is 0 Å². The van der Waals surface area contributed by atoms with Crippen molar-refractivity contribution in [2.45, 2.75) is 309 Å². The molecule has 0 radical (unpaired) electrons. The fourth-order valence-corrected chi connectivity index (χ4v) is 8.40. The van der Waals surface area contributed by atoms with Crippen molar-refractivity contribution < 1.29 is 24.5 Å². The number of allylic oxidation sites excluding steroid dienone is 1. The van der Waals surface area contributed by atoms with Gasteiger partial charge in [0.05, 0.1) is 25.4 Å². The predicted molar refractivity (Wildman–Crippen MR) is 260 cm³/mol. The van der Waals surface area contributed by atoms with E-state index in [0.717, 1.165) is 38.5 Å². The summed E-state index contributed by atoms with van der Waals surface area (Å²) in [5, 5.41) is 23.0. The number of amides is 1. The first-order valence-corrected chi connectivity index (χ1v) is 27.0. The van der Waals surface area contributed by atoms with Crippen LogP contribution in [-0.4, -0.2) is 47.4 Å². The van der Waals surface area contributed by atoms with Crippen molar-refractivity contribution in [1.29, 1.82) is 0 Å². The lowest BCUT2D eigenvalue weighted by Crippen LogP contribution is -2.45. The lowest BCUT2D eigenvalue weighted by atomic mass is 10.0. The van der Waals surface area contributed by atoms with Gasteiger partial charge in [-0.05, 0) is 32.1 Å². The van der Waals surface area contributed by atoms with Crippen molar-refractivity contribution in [3.8, 4) is 0 Å². The first-order chi connectivity index (χ1) is 29.5. The maximum atomic E-state index is 12.4. The molecule has 356 valence electrons. The first kappa shape index (κ1) is 58.6. The van der Waals surface area contributed by atoms with Gasteiger partial charge in [-0.15, -0.1) is 0 Å². The molecule has 0 aliphatic heterocycles. The molecule has 0 heterocycles. The van der Waals surface area contributed by atoms with Crippen LogP contribution in [0.15, 0.2) is 12.2 Å². The molecule has 0 spiro atoms. The fourth-order valence-electron chi connectivity index (χ4n) is 8.40. The van der Waals surface area contributed by atoms with E-state index >= 15 is 0 Å². The van der Waals surface area contributed by atoms with Crippen molar-refractivity contribution in [3.05, 3.63) is 12.2 Å². The van der Waals surface area contributed by atoms with Crippen molar-refractivity contribution in [1.82, 2.24) is 5.32 Å². The molecule has 0 aromatic heterocycles. The molecule has 2 unspecified atom stereocenters. The Kier molecular flexibility index (Phi) is 49.1. The summed E-state index contributed by atoms with van der Waals surface area (Å²) in [6, 6.07) is -0.627. The van der Waals surface area contributed by atoms with Gasteiger partial charge in [0.1, 0.15) is 0 Å². The Morgan fingerprint density at radius 1 is 0.450 bits per heavy atom. The number of aliphatic hydroxyl groups is 2. The number of hydrogen-bond donors (Lipinski definition) is 3. The number of esters is 1. The lowest BCUT2D eigenvalue weighted by Gasteiger charge is -2.20. The Bertz CT molecular complexity index is 893. The van der Waals surface area contributed by atoms with E-state index in [1.54, 1.807) is 6.08 Å². The number of aliphatic hydroxyl groups excluding tert-OH is 2. The Morgan fingerprint density at radius 3 is 1.13 bits per heavy atom. The average molecular weight is 848 g/mol. The number of rotatable bonds is 50. The number of ether oxygens (including phenoxy) is 1. The summed E-state index contributed by atoms with van der Waals surface area (Å²) in [5.74, 6) is -0.0601. The Balaban J connectivity index is 3.40. The Labute approximate surface area is 374 Å². The van der Waals surface area contributed by atoms with Gasteiger partial charge in [0.2, 0.25) is 5.91 Å². The molecule has 0 aliphatic carbocycles. The SMILES string of the molecule is CCCCCCCCCCCC/C=C/C(O)C(CO)NC(=O)CCCCCCCCCCCCCCCCCCCCCCOC(=O)CCCCCCCCCCCCC. The molecule has 0 bridgehead atoms. The lowest BCUT2D eigenvalue weighted by molar-refractivity contribution is -0.143. The van der Waals surface area contributed by atoms with E-state index in [-0.39, 0.29) is 18.5 Å². The highest BCUT2D eigenvalue weighted by molar-refractivity contribution is 5.76. The van der Waals surface area contributed by atoms with E-state index < -0.39 is 12.1 Å². The zero-order chi connectivity index (χ0) is 43.7. The Morgan fingerprint density at radius 2 is 0.767 bits per heavy atom. The van der Waals surface area contributed by atoms with E-state index in [1.165, 1.54) is 231 Å². The molecule has 60 heavy (non-hydrogen) atoms. The van der Waals surface area contributed by atoms with E-state index in [9.17, 15) is 19.8 Å². The van der Waals surface area contributed by atoms with Crippen LogP contribution in [0, 0.1) is 0 Å². The molecular formula is C54H105NO5. The summed E-state index contributed by atoms with van der Waals surface area (Å²) in [6.45, 7) is 4.89. The molecule has 0 aliphatic rings. The summed E-state index contributed by atoms with van der Waals surface area (Å²) < 4.78 is 5.46. The van der Waals surface area contributed by atoms with Gasteiger partial charge in [-0.2, -0.15) is 0 Å². The smallest absolute Gasteiger partial charge is 0.305 e. The van der Waals surface area contributed by atoms with Gasteiger partial charge in [-0.1, -0.05) is 264 Å². The summed E-state index contributed by atoms with van der Waals surface area (Å²) in [5.41, 5.74) is 0. The van der Waals surface area contributed by atoms with Crippen LogP contribution < -0.4 is 5.32 Å². The second kappa shape index (κ2) is 50.2. The number of hydrogen-bond acceptors (Lipinski definition) is 5. The van der Waals surface area contributed by atoms with Gasteiger partial charge in [0.15, 0.2) is 0 Å². The molecule has 0 saturated heterocycles. The van der Waals surface area contributed by atoms with E-state index in [4.69, 9.17) is 4.74 Å². The number of nitrogens with one attached hydrogen (secondary N) is 1. The van der Waals surface area contributed by atoms with Gasteiger partial charge >= 0.3 is 5.97 Å². The van der Waals surface area contributed by atoms with Crippen LogP contribution in [0.3, 0.4) is 0 Å². The fraction of sp³-hybridized carbons (Fsp3) is 0.926. The molecule has 0 aromatic rings. The van der Waals surface area contributed by atoms with Crippen LogP contribution in [0.1, 0.15) is 296 Å². The molecule has 1 amide bonds. The minimum atomic E-state index is -0.843. The number of carbonyl (C=O) groups is 2. The Hall–Kier alpha value is -1.40. The van der Waals surface area contributed by atoms with Crippen molar-refractivity contribution >= 4 is 11.9 Å². The van der Waals surface area contributed by atoms with Gasteiger partial charge in [-0.25, -0.2) is 0 Å². The minimum Gasteiger partial charge on any atom is -0.466 e. The van der Waals surface area contributed by atoms with Gasteiger partial charge in [-0.3, -0.25) is 9.59 Å². The highest BCUT2D eigenvalue weighted by Crippen LogP contribution is 2.17. The van der Waals surface area contributed by atoms with Crippen LogP contribution in [0.2, 0.25) is 0 Å². The largest absolute Gasteiger partial charge is 0.466 e. The third-order valence-electron chi connectivity index (χ3n) is 12.6. The molecule has 6 nitrogen and oxygen atoms in total. The molecule has 0 aromatic carbocycles. The third kappa shape index (κ3) is 46.1. The van der Waals surface area contributed by atoms with Crippen LogP contribution >= 0.6 is 0 Å². The summed E-state index contributed by atoms with van der Waals surface area (Å²) >= 11 is 0. The van der Waals surface area contributed by atoms with Gasteiger partial charge in [0.25, 0.3) is 0 Å². The molecule has 6 heteroatoms. The quantitative estimate of drug-likeness (QED) is 0.0322. The van der Waals surface area contributed by atoms with Crippen molar-refractivity contribution in [2.24, 2.45) is 0 Å². The monoisotopic (exact) mass is 848 g/mol. The minimum absolute atomic E-state index is 0.00963. The number of carbonyl (C=O) groups excluding carboxylic acids is 2. The second-order valence-electron chi connectivity index (χ2n) is 18.6. The summed E-state index contributed by atoms with van der Waals surface area (Å²) in [7, 11) is 0. The zero-order valence-corrected chi connectivity index (χ0v) is 40.5. The normalized spacial score (nSPS) is 12.7. The third-order valence-corrected chi connectivity index (χ3v) is 12.6. The highest BCUT2D eigenvalue weighted by Gasteiger charge is 2.18. The first-order valence-electron chi connectivity index (χ1n) is 27.0. The molecular weight excluding hydrogens is 743 g/mol. The summed E-state index contributed by atoms with van der Waals surface area (Å²) in [6.07, 6.45) is 57.9. The van der Waals surface area contributed by atoms with E-state index in [2.05, 4.69) is 19.2 Å². The van der Waals surface area contributed by atoms with Crippen molar-refractivity contribution in [3.63, 3.8) is 0 Å². The maximum Gasteiger partial charge on any atom is 0.305 e. The topological polar surface area (TPSA) is 95.9 Å². The molecule has 0 rings (SSSR count). The predicted octanol–water partition coefficient (Wildman–Crippen LogP) is 16.1. The van der Waals surface area contributed by atoms with Crippen LogP contribution in [-0.2, 0) is 14.3 Å². The molecule has 0 fully saturated rings. The highest BCUT2D eigenvalue weighted by atomic mass is 16.5. The maximum absolute atomic E-state index is 12.4. The summed E-state index contributed by atoms with van der Waals surface area (Å²) in [4.78, 5) is 24.4. The van der Waals surface area contributed by atoms with Gasteiger partial charge < -0.3 is 20.3 Å². The van der Waals surface area contributed by atoms with Crippen LogP contribution in [0.4, 0.5) is 0 Å².